The Balaban J connectivity index is -0.000000312. The van der Waals surface area contributed by atoms with E-state index in [2.05, 4.69) is 42.7 Å². The lowest BCUT2D eigenvalue weighted by Crippen LogP contribution is -2.44. The van der Waals surface area contributed by atoms with Crippen LogP contribution in [0.4, 0.5) is 0 Å². The Hall–Kier alpha value is -1.51. The van der Waals surface area contributed by atoms with Crippen molar-refractivity contribution in [3.05, 3.63) is 16.1 Å². The van der Waals surface area contributed by atoms with Gasteiger partial charge in [-0.05, 0) is 12.3 Å². The third-order valence-corrected chi connectivity index (χ3v) is 4.28. The van der Waals surface area contributed by atoms with Gasteiger partial charge in [0.1, 0.15) is 0 Å². The van der Waals surface area contributed by atoms with Gasteiger partial charge in [0, 0.05) is 25.5 Å². The molecule has 1 heterocycles. The zero-order valence-corrected chi connectivity index (χ0v) is 22.4. The molecule has 1 aromatic rings. The molecule has 0 aliphatic rings. The molecule has 0 bridgehead atoms. The minimum atomic E-state index is -0.458. The number of aliphatic hydroxyl groups is 1. The molecule has 1 amide bonds. The van der Waals surface area contributed by atoms with Crippen LogP contribution in [0.15, 0.2) is 5.38 Å². The van der Waals surface area contributed by atoms with Gasteiger partial charge in [-0.3, -0.25) is 4.79 Å². The summed E-state index contributed by atoms with van der Waals surface area (Å²) < 4.78 is 4.60. The molecule has 7 nitrogen and oxygen atoms in total. The normalized spacial score (nSPS) is 10.7. The highest BCUT2D eigenvalue weighted by Crippen LogP contribution is 2.12. The molecule has 2 atom stereocenters. The van der Waals surface area contributed by atoms with Gasteiger partial charge >= 0.3 is 5.97 Å². The summed E-state index contributed by atoms with van der Waals surface area (Å²) in [6, 6.07) is -0.458. The molecule has 0 radical (unpaired) electrons. The number of nitrogens with zero attached hydrogens (tertiary/aromatic N) is 1. The van der Waals surface area contributed by atoms with Crippen molar-refractivity contribution in [3.63, 3.8) is 0 Å². The zero-order valence-electron chi connectivity index (χ0n) is 21.6. The number of thiazole rings is 1. The van der Waals surface area contributed by atoms with Crippen molar-refractivity contribution < 1.29 is 19.4 Å². The molecule has 8 heteroatoms. The van der Waals surface area contributed by atoms with E-state index in [1.165, 1.54) is 31.3 Å². The minimum absolute atomic E-state index is 0.112. The standard InChI is InChI=1S/C14H23N3O3S.2C3H8.C2H6.CH4O/c1-4-9(2)12(15)13(18)16-7-5-6-11-17-10(8-21-11)14(19)20-3;2*1-3-2;2*1-2/h8-9,12H,4-7,15H2,1-3H3,(H,16,18);2*3H2,1-2H3;1-2H3;2H,1H3. The van der Waals surface area contributed by atoms with Gasteiger partial charge in [0.05, 0.1) is 18.2 Å². The smallest absolute Gasteiger partial charge is 0.357 e. The number of nitrogens with one attached hydrogen (secondary N) is 1. The molecule has 0 saturated heterocycles. The van der Waals surface area contributed by atoms with Crippen LogP contribution in [0.3, 0.4) is 0 Å². The van der Waals surface area contributed by atoms with Crippen molar-refractivity contribution in [2.75, 3.05) is 20.8 Å². The first kappa shape index (κ1) is 36.8. The number of aromatic nitrogens is 1. The summed E-state index contributed by atoms with van der Waals surface area (Å²) in [5.41, 5.74) is 6.18. The van der Waals surface area contributed by atoms with Gasteiger partial charge in [-0.15, -0.1) is 11.3 Å². The van der Waals surface area contributed by atoms with Crippen LogP contribution >= 0.6 is 11.3 Å². The third-order valence-electron chi connectivity index (χ3n) is 3.37. The Labute approximate surface area is 195 Å². The number of esters is 1. The van der Waals surface area contributed by atoms with Gasteiger partial charge in [-0.1, -0.05) is 74.7 Å². The number of aryl methyl sites for hydroxylation is 1. The van der Waals surface area contributed by atoms with Crippen molar-refractivity contribution in [1.82, 2.24) is 10.3 Å². The first-order chi connectivity index (χ1) is 14.8. The highest BCUT2D eigenvalue weighted by Gasteiger charge is 2.18. The van der Waals surface area contributed by atoms with Gasteiger partial charge in [-0.25, -0.2) is 9.78 Å². The molecule has 0 fully saturated rings. The summed E-state index contributed by atoms with van der Waals surface area (Å²) in [5, 5.41) is 12.4. The van der Waals surface area contributed by atoms with Crippen molar-refractivity contribution in [3.8, 4) is 0 Å². The second-order valence-electron chi connectivity index (χ2n) is 6.34. The Morgan fingerprint density at radius 2 is 1.65 bits per heavy atom. The van der Waals surface area contributed by atoms with Gasteiger partial charge in [0.15, 0.2) is 5.69 Å². The summed E-state index contributed by atoms with van der Waals surface area (Å²) in [7, 11) is 2.33. The number of nitrogens with two attached hydrogens (primary N) is 1. The molecule has 186 valence electrons. The molecule has 0 aliphatic carbocycles. The Morgan fingerprint density at radius 1 is 1.16 bits per heavy atom. The molecule has 4 N–H and O–H groups in total. The molecule has 0 aromatic carbocycles. The number of methoxy groups -OCH3 is 1. The van der Waals surface area contributed by atoms with Gasteiger partial charge < -0.3 is 20.9 Å². The molecule has 0 saturated carbocycles. The van der Waals surface area contributed by atoms with E-state index < -0.39 is 12.0 Å². The highest BCUT2D eigenvalue weighted by atomic mass is 32.1. The molecule has 1 rings (SSSR count). The Kier molecular flexibility index (Phi) is 33.9. The van der Waals surface area contributed by atoms with E-state index in [9.17, 15) is 9.59 Å². The number of rotatable bonds is 8. The van der Waals surface area contributed by atoms with Crippen molar-refractivity contribution in [2.45, 2.75) is 93.5 Å². The Morgan fingerprint density at radius 3 is 2.06 bits per heavy atom. The number of carbonyl (C=O) groups excluding carboxylic acids is 2. The molecule has 31 heavy (non-hydrogen) atoms. The zero-order chi connectivity index (χ0) is 25.2. The number of amides is 1. The maximum absolute atomic E-state index is 11.8. The van der Waals surface area contributed by atoms with Crippen LogP contribution in [0, 0.1) is 5.92 Å². The molecule has 2 unspecified atom stereocenters. The topological polar surface area (TPSA) is 115 Å². The second-order valence-corrected chi connectivity index (χ2v) is 7.28. The highest BCUT2D eigenvalue weighted by molar-refractivity contribution is 7.09. The first-order valence-electron chi connectivity index (χ1n) is 11.3. The van der Waals surface area contributed by atoms with Crippen LogP contribution in [0.1, 0.15) is 96.6 Å². The van der Waals surface area contributed by atoms with Gasteiger partial charge in [-0.2, -0.15) is 0 Å². The summed E-state index contributed by atoms with van der Waals surface area (Å²) >= 11 is 1.42. The quantitative estimate of drug-likeness (QED) is 0.376. The van der Waals surface area contributed by atoms with E-state index in [-0.39, 0.29) is 11.8 Å². The molecular weight excluding hydrogens is 414 g/mol. The maximum atomic E-state index is 11.8. The minimum Gasteiger partial charge on any atom is -0.464 e. The fraction of sp³-hybridized carbons (Fsp3) is 0.783. The van der Waals surface area contributed by atoms with E-state index >= 15 is 0 Å². The SMILES string of the molecule is CC.CCC.CCC.CCC(C)C(N)C(=O)NCCCc1nc(C(=O)OC)cs1.CO. The predicted molar refractivity (Wildman–Crippen MR) is 134 cm³/mol. The molecule has 0 spiro atoms. The number of hydrogen-bond donors (Lipinski definition) is 3. The summed E-state index contributed by atoms with van der Waals surface area (Å²) in [6.07, 6.45) is 4.84. The summed E-state index contributed by atoms with van der Waals surface area (Å²) in [4.78, 5) is 27.2. The monoisotopic (exact) mass is 463 g/mol. The van der Waals surface area contributed by atoms with E-state index in [1.54, 1.807) is 5.38 Å². The molecular formula is C23H49N3O4S. The second kappa shape index (κ2) is 28.5. The summed E-state index contributed by atoms with van der Waals surface area (Å²) in [5.74, 6) is -0.365. The maximum Gasteiger partial charge on any atom is 0.357 e. The van der Waals surface area contributed by atoms with Crippen LogP contribution in [0.5, 0.6) is 0 Å². The van der Waals surface area contributed by atoms with Crippen molar-refractivity contribution >= 4 is 23.2 Å². The van der Waals surface area contributed by atoms with E-state index in [1.807, 2.05) is 27.7 Å². The van der Waals surface area contributed by atoms with Crippen LogP contribution < -0.4 is 11.1 Å². The van der Waals surface area contributed by atoms with Crippen LogP contribution in [0.25, 0.3) is 0 Å². The summed E-state index contributed by atoms with van der Waals surface area (Å²) in [6.45, 7) is 17.0. The number of hydrogen-bond acceptors (Lipinski definition) is 7. The lowest BCUT2D eigenvalue weighted by atomic mass is 9.99. The lowest BCUT2D eigenvalue weighted by molar-refractivity contribution is -0.123. The van der Waals surface area contributed by atoms with Crippen LogP contribution in [0.2, 0.25) is 0 Å². The Bertz CT molecular complexity index is 509. The average molecular weight is 464 g/mol. The van der Waals surface area contributed by atoms with E-state index in [4.69, 9.17) is 10.8 Å². The van der Waals surface area contributed by atoms with Crippen molar-refractivity contribution in [2.24, 2.45) is 11.7 Å². The number of ether oxygens (including phenoxy) is 1. The average Bonchev–Trinajstić information content (AvgIpc) is 3.27. The van der Waals surface area contributed by atoms with E-state index in [0.717, 1.165) is 25.0 Å². The lowest BCUT2D eigenvalue weighted by Gasteiger charge is -2.17. The molecule has 1 aromatic heterocycles. The largest absolute Gasteiger partial charge is 0.464 e. The number of aliphatic hydroxyl groups excluding tert-OH is 1. The van der Waals surface area contributed by atoms with Gasteiger partial charge in [0.2, 0.25) is 5.91 Å². The third kappa shape index (κ3) is 21.5. The van der Waals surface area contributed by atoms with Crippen LogP contribution in [-0.2, 0) is 16.0 Å². The molecule has 0 aliphatic heterocycles. The fourth-order valence-electron chi connectivity index (χ4n) is 1.71. The first-order valence-corrected chi connectivity index (χ1v) is 12.2. The van der Waals surface area contributed by atoms with Crippen molar-refractivity contribution in [1.29, 1.82) is 0 Å². The van der Waals surface area contributed by atoms with E-state index in [0.29, 0.717) is 18.7 Å². The van der Waals surface area contributed by atoms with Gasteiger partial charge in [0.25, 0.3) is 0 Å². The van der Waals surface area contributed by atoms with Crippen LogP contribution in [-0.4, -0.2) is 48.8 Å². The fourth-order valence-corrected chi connectivity index (χ4v) is 2.52. The number of carbonyl (C=O) groups is 2. The predicted octanol–water partition coefficient (Wildman–Crippen LogP) is 4.82.